The molecule has 0 spiro atoms. The van der Waals surface area contributed by atoms with Crippen molar-refractivity contribution in [3.63, 3.8) is 0 Å². The van der Waals surface area contributed by atoms with Crippen LogP contribution >= 0.6 is 11.6 Å². The molecule has 31 heavy (non-hydrogen) atoms. The Hall–Kier alpha value is -2.99. The van der Waals surface area contributed by atoms with Gasteiger partial charge in [-0.05, 0) is 42.7 Å². The van der Waals surface area contributed by atoms with Crippen LogP contribution in [0.25, 0.3) is 0 Å². The number of rotatable bonds is 7. The van der Waals surface area contributed by atoms with Crippen molar-refractivity contribution in [2.45, 2.75) is 32.5 Å². The highest BCUT2D eigenvalue weighted by Gasteiger charge is 2.23. The van der Waals surface area contributed by atoms with Gasteiger partial charge < -0.3 is 20.1 Å². The van der Waals surface area contributed by atoms with Crippen LogP contribution < -0.4 is 15.5 Å². The molecule has 1 aromatic heterocycles. The predicted octanol–water partition coefficient (Wildman–Crippen LogP) is 3.92. The topological polar surface area (TPSA) is 57.5 Å². The molecule has 0 radical (unpaired) electrons. The smallest absolute Gasteiger partial charge is 0.191 e. The molecule has 1 fully saturated rings. The molecular formula is C24H29ClN6. The van der Waals surface area contributed by atoms with Gasteiger partial charge >= 0.3 is 0 Å². The lowest BCUT2D eigenvalue weighted by molar-refractivity contribution is 0.649. The molecule has 1 aliphatic heterocycles. The second kappa shape index (κ2) is 10.4. The molecule has 7 heteroatoms. The summed E-state index contributed by atoms with van der Waals surface area (Å²) >= 11 is 6.15. The predicted molar refractivity (Wildman–Crippen MR) is 128 cm³/mol. The molecule has 0 saturated carbocycles. The number of imidazole rings is 1. The van der Waals surface area contributed by atoms with Crippen molar-refractivity contribution in [2.24, 2.45) is 4.99 Å². The van der Waals surface area contributed by atoms with Crippen molar-refractivity contribution in [1.82, 2.24) is 20.2 Å². The van der Waals surface area contributed by atoms with E-state index < -0.39 is 0 Å². The minimum atomic E-state index is 0.356. The Labute approximate surface area is 189 Å². The van der Waals surface area contributed by atoms with Crippen molar-refractivity contribution < 1.29 is 0 Å². The van der Waals surface area contributed by atoms with Crippen molar-refractivity contribution in [1.29, 1.82) is 0 Å². The number of hydrogen-bond donors (Lipinski definition) is 2. The van der Waals surface area contributed by atoms with Crippen LogP contribution in [-0.4, -0.2) is 41.2 Å². The number of nitrogens with one attached hydrogen (secondary N) is 2. The van der Waals surface area contributed by atoms with Gasteiger partial charge in [0, 0.05) is 55.3 Å². The van der Waals surface area contributed by atoms with Gasteiger partial charge in [-0.1, -0.05) is 41.9 Å². The van der Waals surface area contributed by atoms with Gasteiger partial charge in [-0.25, -0.2) is 9.98 Å². The number of benzene rings is 2. The summed E-state index contributed by atoms with van der Waals surface area (Å²) in [5, 5.41) is 7.75. The molecule has 1 saturated heterocycles. The quantitative estimate of drug-likeness (QED) is 0.435. The summed E-state index contributed by atoms with van der Waals surface area (Å²) in [5.74, 6) is 0.864. The lowest BCUT2D eigenvalue weighted by atomic mass is 10.1. The molecule has 1 atom stereocenters. The molecule has 0 bridgehead atoms. The van der Waals surface area contributed by atoms with E-state index in [9.17, 15) is 0 Å². The van der Waals surface area contributed by atoms with Crippen molar-refractivity contribution in [3.05, 3.63) is 83.4 Å². The standard InChI is InChI=1S/C24H29ClN6/c1-2-27-24(29-22-10-12-31(17-22)23-5-3-4-21(25)14-23)28-15-19-6-8-20(9-7-19)16-30-13-11-26-18-30/h3-9,11,13-14,18,22H,2,10,12,15-17H2,1H3,(H2,27,28,29). The first-order chi connectivity index (χ1) is 15.2. The van der Waals surface area contributed by atoms with Crippen molar-refractivity contribution >= 4 is 23.2 Å². The average molecular weight is 437 g/mol. The van der Waals surface area contributed by atoms with Crippen LogP contribution in [0.1, 0.15) is 24.5 Å². The Morgan fingerprint density at radius 2 is 2.03 bits per heavy atom. The van der Waals surface area contributed by atoms with Crippen molar-refractivity contribution in [3.8, 4) is 0 Å². The molecule has 3 aromatic rings. The summed E-state index contributed by atoms with van der Waals surface area (Å²) in [4.78, 5) is 11.3. The molecule has 162 valence electrons. The van der Waals surface area contributed by atoms with Gasteiger partial charge in [-0.15, -0.1) is 0 Å². The fourth-order valence-corrected chi connectivity index (χ4v) is 3.99. The summed E-state index contributed by atoms with van der Waals surface area (Å²) in [5.41, 5.74) is 3.62. The molecule has 2 heterocycles. The normalized spacial score (nSPS) is 16.5. The molecular weight excluding hydrogens is 408 g/mol. The second-order valence-electron chi connectivity index (χ2n) is 7.80. The highest BCUT2D eigenvalue weighted by Crippen LogP contribution is 2.23. The summed E-state index contributed by atoms with van der Waals surface area (Å²) in [6.45, 7) is 6.35. The van der Waals surface area contributed by atoms with E-state index in [-0.39, 0.29) is 0 Å². The highest BCUT2D eigenvalue weighted by molar-refractivity contribution is 6.30. The number of guanidine groups is 1. The third-order valence-corrected chi connectivity index (χ3v) is 5.65. The number of hydrogen-bond acceptors (Lipinski definition) is 3. The zero-order chi connectivity index (χ0) is 21.5. The Morgan fingerprint density at radius 1 is 1.19 bits per heavy atom. The highest BCUT2D eigenvalue weighted by atomic mass is 35.5. The molecule has 6 nitrogen and oxygen atoms in total. The fraction of sp³-hybridized carbons (Fsp3) is 0.333. The zero-order valence-corrected chi connectivity index (χ0v) is 18.6. The second-order valence-corrected chi connectivity index (χ2v) is 8.24. The fourth-order valence-electron chi connectivity index (χ4n) is 3.81. The maximum atomic E-state index is 6.15. The van der Waals surface area contributed by atoms with E-state index in [2.05, 4.69) is 62.3 Å². The molecule has 1 aliphatic rings. The van der Waals surface area contributed by atoms with E-state index in [1.165, 1.54) is 16.8 Å². The summed E-state index contributed by atoms with van der Waals surface area (Å²) < 4.78 is 2.06. The Balaban J connectivity index is 1.33. The molecule has 0 amide bonds. The first kappa shape index (κ1) is 21.2. The number of halogens is 1. The van der Waals surface area contributed by atoms with Crippen LogP contribution in [0, 0.1) is 0 Å². The first-order valence-electron chi connectivity index (χ1n) is 10.8. The summed E-state index contributed by atoms with van der Waals surface area (Å²) in [7, 11) is 0. The molecule has 4 rings (SSSR count). The molecule has 2 aromatic carbocycles. The SMILES string of the molecule is CCNC(=NCc1ccc(Cn2ccnc2)cc1)NC1CCN(c2cccc(Cl)c2)C1. The zero-order valence-electron chi connectivity index (χ0n) is 17.8. The summed E-state index contributed by atoms with van der Waals surface area (Å²) in [6, 6.07) is 17.0. The number of nitrogens with zero attached hydrogens (tertiary/aromatic N) is 4. The van der Waals surface area contributed by atoms with Crippen LogP contribution in [0.5, 0.6) is 0 Å². The van der Waals surface area contributed by atoms with Crippen LogP contribution in [-0.2, 0) is 13.1 Å². The minimum Gasteiger partial charge on any atom is -0.369 e. The van der Waals surface area contributed by atoms with Gasteiger partial charge in [0.2, 0.25) is 0 Å². The lowest BCUT2D eigenvalue weighted by Crippen LogP contribution is -2.44. The number of anilines is 1. The Kier molecular flexibility index (Phi) is 7.10. The van der Waals surface area contributed by atoms with E-state index in [0.29, 0.717) is 12.6 Å². The molecule has 2 N–H and O–H groups in total. The van der Waals surface area contributed by atoms with Crippen LogP contribution in [0.15, 0.2) is 72.2 Å². The van der Waals surface area contributed by atoms with Crippen molar-refractivity contribution in [2.75, 3.05) is 24.5 Å². The molecule has 0 aliphatic carbocycles. The largest absolute Gasteiger partial charge is 0.369 e. The maximum Gasteiger partial charge on any atom is 0.191 e. The lowest BCUT2D eigenvalue weighted by Gasteiger charge is -2.20. The van der Waals surface area contributed by atoms with Gasteiger partial charge in [0.1, 0.15) is 0 Å². The number of aromatic nitrogens is 2. The van der Waals surface area contributed by atoms with Gasteiger partial charge in [-0.2, -0.15) is 0 Å². The average Bonchev–Trinajstić information content (AvgIpc) is 3.45. The van der Waals surface area contributed by atoms with Gasteiger partial charge in [0.05, 0.1) is 12.9 Å². The van der Waals surface area contributed by atoms with Crippen LogP contribution in [0.4, 0.5) is 5.69 Å². The first-order valence-corrected chi connectivity index (χ1v) is 11.2. The third-order valence-electron chi connectivity index (χ3n) is 5.41. The van der Waals surface area contributed by atoms with E-state index in [1.807, 2.05) is 30.7 Å². The van der Waals surface area contributed by atoms with Crippen LogP contribution in [0.3, 0.4) is 0 Å². The van der Waals surface area contributed by atoms with Crippen LogP contribution in [0.2, 0.25) is 5.02 Å². The van der Waals surface area contributed by atoms with E-state index in [4.69, 9.17) is 16.6 Å². The van der Waals surface area contributed by atoms with Gasteiger partial charge in [0.25, 0.3) is 0 Å². The van der Waals surface area contributed by atoms with E-state index in [0.717, 1.165) is 43.6 Å². The monoisotopic (exact) mass is 436 g/mol. The van der Waals surface area contributed by atoms with Gasteiger partial charge in [-0.3, -0.25) is 0 Å². The van der Waals surface area contributed by atoms with E-state index >= 15 is 0 Å². The molecule has 1 unspecified atom stereocenters. The maximum absolute atomic E-state index is 6.15. The van der Waals surface area contributed by atoms with E-state index in [1.54, 1.807) is 6.20 Å². The minimum absolute atomic E-state index is 0.356. The summed E-state index contributed by atoms with van der Waals surface area (Å²) in [6.07, 6.45) is 6.68. The Bertz CT molecular complexity index is 984. The third kappa shape index (κ3) is 6.01. The Morgan fingerprint density at radius 3 is 2.77 bits per heavy atom. The number of aliphatic imine (C=N–C) groups is 1. The van der Waals surface area contributed by atoms with Gasteiger partial charge in [0.15, 0.2) is 5.96 Å².